The molecule has 0 radical (unpaired) electrons. The van der Waals surface area contributed by atoms with Crippen LogP contribution in [0.2, 0.25) is 5.15 Å². The van der Waals surface area contributed by atoms with E-state index in [4.69, 9.17) is 17.3 Å². The molecule has 2 heterocycles. The second-order valence-electron chi connectivity index (χ2n) is 7.55. The summed E-state index contributed by atoms with van der Waals surface area (Å²) in [5.74, 6) is -0.270. The number of halogens is 1. The summed E-state index contributed by atoms with van der Waals surface area (Å²) in [7, 11) is -3.99. The van der Waals surface area contributed by atoms with E-state index in [2.05, 4.69) is 11.9 Å². The van der Waals surface area contributed by atoms with Crippen molar-refractivity contribution in [3.05, 3.63) is 47.1 Å². The van der Waals surface area contributed by atoms with Crippen molar-refractivity contribution in [2.24, 2.45) is 11.7 Å². The highest BCUT2D eigenvalue weighted by Gasteiger charge is 2.40. The second-order valence-corrected chi connectivity index (χ2v) is 9.86. The number of pyridine rings is 1. The molecule has 1 amide bonds. The molecule has 1 aliphatic heterocycles. The molecule has 1 fully saturated rings. The summed E-state index contributed by atoms with van der Waals surface area (Å²) in [4.78, 5) is 18.4. The number of hydrogen-bond acceptors (Lipinski definition) is 5. The lowest BCUT2D eigenvalue weighted by Crippen LogP contribution is -2.40. The minimum atomic E-state index is -3.99. The van der Waals surface area contributed by atoms with Gasteiger partial charge in [-0.15, -0.1) is 0 Å². The zero-order valence-electron chi connectivity index (χ0n) is 15.4. The molecule has 0 unspecified atom stereocenters. The average molecular weight is 408 g/mol. The van der Waals surface area contributed by atoms with E-state index in [1.807, 2.05) is 18.7 Å². The Labute approximate surface area is 164 Å². The van der Waals surface area contributed by atoms with Crippen LogP contribution in [0.5, 0.6) is 0 Å². The van der Waals surface area contributed by atoms with Gasteiger partial charge in [-0.05, 0) is 44.4 Å². The van der Waals surface area contributed by atoms with Gasteiger partial charge in [0.05, 0.1) is 9.79 Å². The molecule has 1 saturated heterocycles. The minimum Gasteiger partial charge on any atom is -0.365 e. The molecule has 1 aromatic heterocycles. The van der Waals surface area contributed by atoms with E-state index in [0.717, 1.165) is 6.42 Å². The highest BCUT2D eigenvalue weighted by Crippen LogP contribution is 2.40. The van der Waals surface area contributed by atoms with Gasteiger partial charge in [0.15, 0.2) is 0 Å². The predicted octanol–water partition coefficient (Wildman–Crippen LogP) is 3.29. The number of primary amides is 1. The largest absolute Gasteiger partial charge is 0.365 e. The topological polar surface area (TPSA) is 93.4 Å². The Morgan fingerprint density at radius 3 is 2.44 bits per heavy atom. The van der Waals surface area contributed by atoms with Crippen LogP contribution in [0, 0.1) is 5.92 Å². The van der Waals surface area contributed by atoms with Gasteiger partial charge in [-0.25, -0.2) is 13.4 Å². The zero-order valence-corrected chi connectivity index (χ0v) is 17.0. The van der Waals surface area contributed by atoms with Crippen LogP contribution < -0.4 is 10.6 Å². The van der Waals surface area contributed by atoms with Gasteiger partial charge in [-0.3, -0.25) is 4.79 Å². The number of carbonyl (C=O) groups is 1. The number of anilines is 1. The monoisotopic (exact) mass is 407 g/mol. The van der Waals surface area contributed by atoms with E-state index >= 15 is 0 Å². The number of carbonyl (C=O) groups excluding carboxylic acids is 1. The van der Waals surface area contributed by atoms with Crippen molar-refractivity contribution in [3.63, 3.8) is 0 Å². The molecule has 0 aliphatic carbocycles. The van der Waals surface area contributed by atoms with Gasteiger partial charge in [0.2, 0.25) is 9.84 Å². The van der Waals surface area contributed by atoms with Crippen molar-refractivity contribution in [2.45, 2.75) is 42.5 Å². The van der Waals surface area contributed by atoms with E-state index in [1.165, 1.54) is 18.2 Å². The molecule has 2 N–H and O–H groups in total. The van der Waals surface area contributed by atoms with Crippen LogP contribution in [0.4, 0.5) is 5.82 Å². The van der Waals surface area contributed by atoms with Crippen LogP contribution in [0.3, 0.4) is 0 Å². The van der Waals surface area contributed by atoms with Crippen LogP contribution >= 0.6 is 11.6 Å². The lowest BCUT2D eigenvalue weighted by atomic mass is 9.97. The standard InChI is InChI=1S/C19H22ClN3O3S/c1-12-10-19(2,3)23(11-12)18-16(17(21)24)14(9-15(20)22-18)27(25,26)13-7-5-4-6-8-13/h4-9,12H,10-11H2,1-3H3,(H2,21,24)/t12-/m0/s1. The van der Waals surface area contributed by atoms with Gasteiger partial charge >= 0.3 is 0 Å². The third-order valence-electron chi connectivity index (χ3n) is 4.85. The van der Waals surface area contributed by atoms with Crippen LogP contribution in [-0.2, 0) is 9.84 Å². The lowest BCUT2D eigenvalue weighted by Gasteiger charge is -2.34. The summed E-state index contributed by atoms with van der Waals surface area (Å²) in [5, 5.41) is -0.000130. The van der Waals surface area contributed by atoms with E-state index < -0.39 is 15.7 Å². The van der Waals surface area contributed by atoms with Crippen molar-refractivity contribution >= 4 is 33.2 Å². The lowest BCUT2D eigenvalue weighted by molar-refractivity contribution is 0.0997. The second kappa shape index (κ2) is 6.80. The Balaban J connectivity index is 2.29. The highest BCUT2D eigenvalue weighted by atomic mass is 35.5. The third kappa shape index (κ3) is 3.53. The summed E-state index contributed by atoms with van der Waals surface area (Å²) < 4.78 is 26.4. The van der Waals surface area contributed by atoms with Crippen molar-refractivity contribution in [1.29, 1.82) is 0 Å². The highest BCUT2D eigenvalue weighted by molar-refractivity contribution is 7.91. The van der Waals surface area contributed by atoms with Crippen LogP contribution in [0.1, 0.15) is 37.6 Å². The van der Waals surface area contributed by atoms with Gasteiger partial charge in [-0.2, -0.15) is 0 Å². The number of nitrogens with zero attached hydrogens (tertiary/aromatic N) is 2. The number of hydrogen-bond donors (Lipinski definition) is 1. The van der Waals surface area contributed by atoms with Crippen LogP contribution in [0.25, 0.3) is 0 Å². The predicted molar refractivity (Wildman–Crippen MR) is 105 cm³/mol. The fourth-order valence-corrected chi connectivity index (χ4v) is 5.56. The molecule has 27 heavy (non-hydrogen) atoms. The molecule has 3 rings (SSSR count). The molecular weight excluding hydrogens is 386 g/mol. The summed E-state index contributed by atoms with van der Waals surface area (Å²) in [6.07, 6.45) is 0.875. The van der Waals surface area contributed by atoms with E-state index in [-0.39, 0.29) is 31.9 Å². The number of aromatic nitrogens is 1. The molecule has 6 nitrogen and oxygen atoms in total. The summed E-state index contributed by atoms with van der Waals surface area (Å²) in [5.41, 5.74) is 5.19. The van der Waals surface area contributed by atoms with Crippen molar-refractivity contribution in [1.82, 2.24) is 4.98 Å². The molecule has 0 spiro atoms. The quantitative estimate of drug-likeness (QED) is 0.785. The minimum absolute atomic E-state index is 0.000130. The van der Waals surface area contributed by atoms with Crippen molar-refractivity contribution in [3.8, 4) is 0 Å². The maximum Gasteiger partial charge on any atom is 0.253 e. The summed E-state index contributed by atoms with van der Waals surface area (Å²) in [6, 6.07) is 9.08. The van der Waals surface area contributed by atoms with Crippen molar-refractivity contribution < 1.29 is 13.2 Å². The number of amides is 1. The fourth-order valence-electron chi connectivity index (χ4n) is 3.80. The normalized spacial score (nSPS) is 19.3. The van der Waals surface area contributed by atoms with Crippen LogP contribution in [-0.4, -0.2) is 31.4 Å². The first kappa shape index (κ1) is 19.6. The van der Waals surface area contributed by atoms with Gasteiger partial charge in [0.1, 0.15) is 16.5 Å². The summed E-state index contributed by atoms with van der Waals surface area (Å²) >= 11 is 6.17. The molecule has 2 aromatic rings. The maximum atomic E-state index is 13.2. The Bertz CT molecular complexity index is 991. The molecular formula is C19H22ClN3O3S. The first-order valence-corrected chi connectivity index (χ1v) is 10.5. The Morgan fingerprint density at radius 2 is 1.93 bits per heavy atom. The smallest absolute Gasteiger partial charge is 0.253 e. The maximum absolute atomic E-state index is 13.2. The summed E-state index contributed by atoms with van der Waals surface area (Å²) in [6.45, 7) is 6.77. The van der Waals surface area contributed by atoms with Crippen molar-refractivity contribution in [2.75, 3.05) is 11.4 Å². The van der Waals surface area contributed by atoms with E-state index in [1.54, 1.807) is 18.2 Å². The van der Waals surface area contributed by atoms with Gasteiger partial charge in [0.25, 0.3) is 5.91 Å². The molecule has 1 aromatic carbocycles. The van der Waals surface area contributed by atoms with Gasteiger partial charge in [0, 0.05) is 12.1 Å². The molecule has 144 valence electrons. The Morgan fingerprint density at radius 1 is 1.30 bits per heavy atom. The number of benzene rings is 1. The first-order valence-electron chi connectivity index (χ1n) is 8.62. The molecule has 1 atom stereocenters. The number of sulfone groups is 1. The van der Waals surface area contributed by atoms with E-state index in [9.17, 15) is 13.2 Å². The fraction of sp³-hybridized carbons (Fsp3) is 0.368. The number of rotatable bonds is 4. The first-order chi connectivity index (χ1) is 12.5. The molecule has 1 aliphatic rings. The third-order valence-corrected chi connectivity index (χ3v) is 6.84. The average Bonchev–Trinajstić information content (AvgIpc) is 2.86. The SMILES string of the molecule is C[C@@H]1CN(c2nc(Cl)cc(S(=O)(=O)c3ccccc3)c2C(N)=O)C(C)(C)C1. The Kier molecular flexibility index (Phi) is 4.94. The number of nitrogens with two attached hydrogens (primary N) is 1. The Hall–Kier alpha value is -2.12. The molecule has 0 bridgehead atoms. The van der Waals surface area contributed by atoms with E-state index in [0.29, 0.717) is 12.5 Å². The van der Waals surface area contributed by atoms with Gasteiger partial charge < -0.3 is 10.6 Å². The van der Waals surface area contributed by atoms with Gasteiger partial charge in [-0.1, -0.05) is 36.7 Å². The zero-order chi connectivity index (χ0) is 20.0. The van der Waals surface area contributed by atoms with Crippen LogP contribution in [0.15, 0.2) is 46.2 Å². The molecule has 0 saturated carbocycles. The molecule has 8 heteroatoms.